The van der Waals surface area contributed by atoms with Crippen LogP contribution in [0.4, 0.5) is 0 Å². The summed E-state index contributed by atoms with van der Waals surface area (Å²) in [7, 11) is 0. The van der Waals surface area contributed by atoms with Gasteiger partial charge >= 0.3 is 0 Å². The molecular formula is C13H21ClN4O. The minimum atomic E-state index is -0.516. The third-order valence-corrected chi connectivity index (χ3v) is 3.27. The highest BCUT2D eigenvalue weighted by Crippen LogP contribution is 2.15. The quantitative estimate of drug-likeness (QED) is 0.896. The maximum atomic E-state index is 12.4. The molecule has 0 aliphatic carbocycles. The zero-order chi connectivity index (χ0) is 14.6. The van der Waals surface area contributed by atoms with Gasteiger partial charge in [-0.15, -0.1) is 0 Å². The molecule has 1 amide bonds. The number of carbonyl (C=O) groups excluding carboxylic acids is 1. The molecular weight excluding hydrogens is 264 g/mol. The molecule has 106 valence electrons. The zero-order valence-electron chi connectivity index (χ0n) is 11.8. The minimum absolute atomic E-state index is 0.0235. The summed E-state index contributed by atoms with van der Waals surface area (Å²) >= 11 is 5.98. The second-order valence-electron chi connectivity index (χ2n) is 5.12. The van der Waals surface area contributed by atoms with Crippen molar-refractivity contribution in [1.29, 1.82) is 0 Å². The van der Waals surface area contributed by atoms with Gasteiger partial charge in [0.1, 0.15) is 0 Å². The second-order valence-corrected chi connectivity index (χ2v) is 5.48. The van der Waals surface area contributed by atoms with E-state index in [4.69, 9.17) is 17.3 Å². The number of nitrogens with zero attached hydrogens (tertiary/aromatic N) is 3. The van der Waals surface area contributed by atoms with Crippen LogP contribution < -0.4 is 5.73 Å². The first-order valence-corrected chi connectivity index (χ1v) is 6.73. The largest absolute Gasteiger partial charge is 0.333 e. The molecule has 19 heavy (non-hydrogen) atoms. The molecule has 0 aliphatic heterocycles. The predicted octanol–water partition coefficient (Wildman–Crippen LogP) is 1.85. The number of rotatable bonds is 5. The molecule has 1 aromatic rings. The van der Waals surface area contributed by atoms with Gasteiger partial charge in [-0.2, -0.15) is 0 Å². The maximum Gasteiger partial charge on any atom is 0.240 e. The Kier molecular flexibility index (Phi) is 5.69. The van der Waals surface area contributed by atoms with Crippen LogP contribution in [0, 0.1) is 5.92 Å². The van der Waals surface area contributed by atoms with E-state index in [9.17, 15) is 4.79 Å². The highest BCUT2D eigenvalue weighted by molar-refractivity contribution is 6.29. The Morgan fingerprint density at radius 1 is 1.32 bits per heavy atom. The maximum absolute atomic E-state index is 12.4. The topological polar surface area (TPSA) is 72.1 Å². The highest BCUT2D eigenvalue weighted by atomic mass is 35.5. The van der Waals surface area contributed by atoms with Crippen molar-refractivity contribution in [3.05, 3.63) is 23.2 Å². The van der Waals surface area contributed by atoms with Gasteiger partial charge < -0.3 is 10.6 Å². The smallest absolute Gasteiger partial charge is 0.240 e. The van der Waals surface area contributed by atoms with Crippen molar-refractivity contribution in [3.63, 3.8) is 0 Å². The van der Waals surface area contributed by atoms with Gasteiger partial charge in [0.2, 0.25) is 5.91 Å². The summed E-state index contributed by atoms with van der Waals surface area (Å²) in [5.74, 6) is -0.00204. The lowest BCUT2D eigenvalue weighted by Crippen LogP contribution is -2.48. The first-order chi connectivity index (χ1) is 8.84. The predicted molar refractivity (Wildman–Crippen MR) is 75.5 cm³/mol. The average Bonchev–Trinajstić information content (AvgIpc) is 2.35. The first kappa shape index (κ1) is 15.9. The third kappa shape index (κ3) is 4.14. The van der Waals surface area contributed by atoms with Crippen molar-refractivity contribution in [2.24, 2.45) is 11.7 Å². The molecule has 0 saturated carbocycles. The number of halogens is 1. The summed E-state index contributed by atoms with van der Waals surface area (Å²) in [4.78, 5) is 22.2. The van der Waals surface area contributed by atoms with Crippen LogP contribution in [0.2, 0.25) is 5.15 Å². The molecule has 1 rings (SSSR count). The van der Waals surface area contributed by atoms with E-state index < -0.39 is 6.04 Å². The molecule has 0 radical (unpaired) electrons. The van der Waals surface area contributed by atoms with E-state index in [-0.39, 0.29) is 17.9 Å². The molecule has 1 heterocycles. The average molecular weight is 285 g/mol. The molecule has 6 heteroatoms. The Hall–Kier alpha value is -1.20. The van der Waals surface area contributed by atoms with E-state index >= 15 is 0 Å². The molecule has 0 aliphatic rings. The second kappa shape index (κ2) is 6.82. The van der Waals surface area contributed by atoms with Crippen molar-refractivity contribution in [2.75, 3.05) is 0 Å². The van der Waals surface area contributed by atoms with Crippen LogP contribution in [-0.4, -0.2) is 32.9 Å². The molecule has 0 fully saturated rings. The number of carbonyl (C=O) groups is 1. The summed E-state index contributed by atoms with van der Waals surface area (Å²) in [6, 6.07) is -0.492. The summed E-state index contributed by atoms with van der Waals surface area (Å²) in [5, 5.41) is 0.319. The lowest BCUT2D eigenvalue weighted by molar-refractivity contribution is -0.136. The van der Waals surface area contributed by atoms with Crippen LogP contribution in [0.25, 0.3) is 0 Å². The number of nitrogens with two attached hydrogens (primary N) is 1. The fourth-order valence-electron chi connectivity index (χ4n) is 1.61. The lowest BCUT2D eigenvalue weighted by atomic mass is 10.0. The van der Waals surface area contributed by atoms with E-state index in [0.29, 0.717) is 17.4 Å². The lowest BCUT2D eigenvalue weighted by Gasteiger charge is -2.30. The van der Waals surface area contributed by atoms with E-state index in [1.807, 2.05) is 27.7 Å². The number of amides is 1. The molecule has 0 bridgehead atoms. The van der Waals surface area contributed by atoms with Crippen molar-refractivity contribution in [1.82, 2.24) is 14.9 Å². The Balaban J connectivity index is 2.91. The molecule has 0 saturated heterocycles. The van der Waals surface area contributed by atoms with E-state index in [0.717, 1.165) is 0 Å². The molecule has 1 unspecified atom stereocenters. The zero-order valence-corrected chi connectivity index (χ0v) is 12.6. The van der Waals surface area contributed by atoms with Crippen molar-refractivity contribution in [3.8, 4) is 0 Å². The molecule has 1 atom stereocenters. The monoisotopic (exact) mass is 284 g/mol. The molecule has 1 aromatic heterocycles. The van der Waals surface area contributed by atoms with Crippen LogP contribution in [0.1, 0.15) is 33.4 Å². The molecule has 2 N–H and O–H groups in total. The Bertz CT molecular complexity index is 436. The third-order valence-electron chi connectivity index (χ3n) is 2.95. The van der Waals surface area contributed by atoms with Crippen LogP contribution in [0.5, 0.6) is 0 Å². The van der Waals surface area contributed by atoms with Crippen LogP contribution in [0.15, 0.2) is 12.4 Å². The fraction of sp³-hybridized carbons (Fsp3) is 0.615. The molecule has 0 spiro atoms. The van der Waals surface area contributed by atoms with Gasteiger partial charge in [-0.3, -0.25) is 9.78 Å². The minimum Gasteiger partial charge on any atom is -0.333 e. The number of hydrogen-bond donors (Lipinski definition) is 1. The van der Waals surface area contributed by atoms with E-state index in [1.54, 1.807) is 11.1 Å². The summed E-state index contributed by atoms with van der Waals surface area (Å²) in [5.41, 5.74) is 6.52. The summed E-state index contributed by atoms with van der Waals surface area (Å²) in [6.45, 7) is 8.06. The van der Waals surface area contributed by atoms with Gasteiger partial charge in [-0.25, -0.2) is 4.98 Å². The van der Waals surface area contributed by atoms with Crippen LogP contribution >= 0.6 is 11.6 Å². The fourth-order valence-corrected chi connectivity index (χ4v) is 1.77. The van der Waals surface area contributed by atoms with Gasteiger partial charge in [0.05, 0.1) is 18.3 Å². The van der Waals surface area contributed by atoms with Crippen molar-refractivity contribution < 1.29 is 4.79 Å². The van der Waals surface area contributed by atoms with E-state index in [1.165, 1.54) is 6.20 Å². The molecule has 0 aromatic carbocycles. The van der Waals surface area contributed by atoms with Gasteiger partial charge in [-0.05, 0) is 19.8 Å². The van der Waals surface area contributed by atoms with Gasteiger partial charge in [0, 0.05) is 18.4 Å². The van der Waals surface area contributed by atoms with Crippen molar-refractivity contribution in [2.45, 2.75) is 46.3 Å². The van der Waals surface area contributed by atoms with Crippen molar-refractivity contribution >= 4 is 17.5 Å². The number of aromatic nitrogens is 2. The SMILES string of the molecule is CC(C)C(N)C(=O)N(Cc1nccnc1Cl)C(C)C. The Morgan fingerprint density at radius 2 is 1.89 bits per heavy atom. The van der Waals surface area contributed by atoms with Gasteiger partial charge in [0.15, 0.2) is 5.15 Å². The Labute approximate surface area is 119 Å². The van der Waals surface area contributed by atoms with Gasteiger partial charge in [-0.1, -0.05) is 25.4 Å². The first-order valence-electron chi connectivity index (χ1n) is 6.36. The summed E-state index contributed by atoms with van der Waals surface area (Å²) in [6.07, 6.45) is 3.08. The highest BCUT2D eigenvalue weighted by Gasteiger charge is 2.26. The standard InChI is InChI=1S/C13H21ClN4O/c1-8(2)11(15)13(19)18(9(3)4)7-10-12(14)17-6-5-16-10/h5-6,8-9,11H,7,15H2,1-4H3. The van der Waals surface area contributed by atoms with E-state index in [2.05, 4.69) is 9.97 Å². The Morgan fingerprint density at radius 3 is 2.37 bits per heavy atom. The van der Waals surface area contributed by atoms with Crippen LogP contribution in [-0.2, 0) is 11.3 Å². The number of hydrogen-bond acceptors (Lipinski definition) is 4. The molecule has 5 nitrogen and oxygen atoms in total. The van der Waals surface area contributed by atoms with Gasteiger partial charge in [0.25, 0.3) is 0 Å². The summed E-state index contributed by atoms with van der Waals surface area (Å²) < 4.78 is 0. The normalized spacial score (nSPS) is 12.8. The van der Waals surface area contributed by atoms with Crippen LogP contribution in [0.3, 0.4) is 0 Å².